The number of nitrogens with two attached hydrogens (primary N) is 1. The van der Waals surface area contributed by atoms with E-state index in [-0.39, 0.29) is 0 Å². The van der Waals surface area contributed by atoms with Crippen LogP contribution in [0.1, 0.15) is 38.4 Å². The van der Waals surface area contributed by atoms with Gasteiger partial charge >= 0.3 is 0 Å². The SMILES string of the molecule is CCCCCCNc1cc(N)nc(C)n1. The van der Waals surface area contributed by atoms with E-state index in [0.29, 0.717) is 11.6 Å². The van der Waals surface area contributed by atoms with Crippen molar-refractivity contribution < 1.29 is 0 Å². The second-order valence-electron chi connectivity index (χ2n) is 3.71. The molecule has 0 radical (unpaired) electrons. The van der Waals surface area contributed by atoms with Gasteiger partial charge in [0.05, 0.1) is 0 Å². The number of aromatic nitrogens is 2. The zero-order chi connectivity index (χ0) is 11.1. The molecule has 15 heavy (non-hydrogen) atoms. The summed E-state index contributed by atoms with van der Waals surface area (Å²) in [5, 5.41) is 3.25. The Morgan fingerprint density at radius 3 is 2.73 bits per heavy atom. The third-order valence-corrected chi connectivity index (χ3v) is 2.19. The molecule has 1 rings (SSSR count). The quantitative estimate of drug-likeness (QED) is 0.704. The van der Waals surface area contributed by atoms with E-state index in [9.17, 15) is 0 Å². The lowest BCUT2D eigenvalue weighted by atomic mass is 10.2. The van der Waals surface area contributed by atoms with Crippen LogP contribution < -0.4 is 11.1 Å². The van der Waals surface area contributed by atoms with Crippen molar-refractivity contribution in [2.45, 2.75) is 39.5 Å². The average Bonchev–Trinajstić information content (AvgIpc) is 2.16. The number of hydrogen-bond donors (Lipinski definition) is 2. The first-order valence-electron chi connectivity index (χ1n) is 5.57. The van der Waals surface area contributed by atoms with E-state index in [0.717, 1.165) is 12.4 Å². The molecule has 0 spiro atoms. The number of nitrogens with one attached hydrogen (secondary N) is 1. The van der Waals surface area contributed by atoms with Crippen LogP contribution >= 0.6 is 0 Å². The minimum Gasteiger partial charge on any atom is -0.384 e. The number of hydrogen-bond acceptors (Lipinski definition) is 4. The van der Waals surface area contributed by atoms with Crippen LogP contribution in [0.2, 0.25) is 0 Å². The van der Waals surface area contributed by atoms with E-state index < -0.39 is 0 Å². The van der Waals surface area contributed by atoms with E-state index in [1.165, 1.54) is 25.7 Å². The van der Waals surface area contributed by atoms with Crippen LogP contribution in [0, 0.1) is 6.92 Å². The monoisotopic (exact) mass is 208 g/mol. The molecule has 1 heterocycles. The van der Waals surface area contributed by atoms with Crippen LogP contribution in [-0.4, -0.2) is 16.5 Å². The number of aryl methyl sites for hydroxylation is 1. The standard InChI is InChI=1S/C11H20N4/c1-3-4-5-6-7-13-11-8-10(12)14-9(2)15-11/h8H,3-7H2,1-2H3,(H3,12,13,14,15). The largest absolute Gasteiger partial charge is 0.384 e. The summed E-state index contributed by atoms with van der Waals surface area (Å²) >= 11 is 0. The van der Waals surface area contributed by atoms with Crippen LogP contribution in [0.25, 0.3) is 0 Å². The first kappa shape index (κ1) is 11.8. The van der Waals surface area contributed by atoms with Gasteiger partial charge in [-0.1, -0.05) is 26.2 Å². The molecule has 0 bridgehead atoms. The van der Waals surface area contributed by atoms with Gasteiger partial charge in [0.25, 0.3) is 0 Å². The molecule has 0 fully saturated rings. The summed E-state index contributed by atoms with van der Waals surface area (Å²) in [6.45, 7) is 5.01. The van der Waals surface area contributed by atoms with Crippen molar-refractivity contribution >= 4 is 11.6 Å². The zero-order valence-electron chi connectivity index (χ0n) is 9.58. The van der Waals surface area contributed by atoms with E-state index in [4.69, 9.17) is 5.73 Å². The highest BCUT2D eigenvalue weighted by molar-refractivity contribution is 5.44. The van der Waals surface area contributed by atoms with Gasteiger partial charge in [0.1, 0.15) is 17.5 Å². The molecule has 0 aliphatic carbocycles. The Morgan fingerprint density at radius 1 is 1.27 bits per heavy atom. The highest BCUT2D eigenvalue weighted by Crippen LogP contribution is 2.08. The Kier molecular flexibility index (Phi) is 4.87. The molecule has 1 aromatic heterocycles. The molecule has 4 nitrogen and oxygen atoms in total. The smallest absolute Gasteiger partial charge is 0.131 e. The zero-order valence-corrected chi connectivity index (χ0v) is 9.58. The Balaban J connectivity index is 2.31. The Hall–Kier alpha value is -1.32. The second-order valence-corrected chi connectivity index (χ2v) is 3.71. The third-order valence-electron chi connectivity index (χ3n) is 2.19. The third kappa shape index (κ3) is 4.63. The Morgan fingerprint density at radius 2 is 2.07 bits per heavy atom. The lowest BCUT2D eigenvalue weighted by molar-refractivity contribution is 0.684. The van der Waals surface area contributed by atoms with Crippen molar-refractivity contribution in [2.24, 2.45) is 0 Å². The van der Waals surface area contributed by atoms with Gasteiger partial charge in [-0.05, 0) is 13.3 Å². The molecule has 0 atom stereocenters. The summed E-state index contributed by atoms with van der Waals surface area (Å²) < 4.78 is 0. The van der Waals surface area contributed by atoms with Crippen LogP contribution in [0.5, 0.6) is 0 Å². The Bertz CT molecular complexity index is 278. The molecule has 0 aromatic carbocycles. The Labute approximate surface area is 91.3 Å². The van der Waals surface area contributed by atoms with Crippen molar-refractivity contribution in [1.82, 2.24) is 9.97 Å². The topological polar surface area (TPSA) is 63.8 Å². The lowest BCUT2D eigenvalue weighted by Crippen LogP contribution is -2.06. The molecular formula is C11H20N4. The fourth-order valence-corrected chi connectivity index (χ4v) is 1.45. The molecule has 0 unspecified atom stereocenters. The van der Waals surface area contributed by atoms with Crippen molar-refractivity contribution in [3.05, 3.63) is 11.9 Å². The van der Waals surface area contributed by atoms with Gasteiger partial charge < -0.3 is 11.1 Å². The minimum absolute atomic E-state index is 0.526. The molecule has 84 valence electrons. The van der Waals surface area contributed by atoms with E-state index in [1.54, 1.807) is 6.07 Å². The summed E-state index contributed by atoms with van der Waals surface area (Å²) in [4.78, 5) is 8.27. The summed E-state index contributed by atoms with van der Waals surface area (Å²) in [6, 6.07) is 1.77. The van der Waals surface area contributed by atoms with Crippen molar-refractivity contribution in [2.75, 3.05) is 17.6 Å². The van der Waals surface area contributed by atoms with Crippen LogP contribution in [0.4, 0.5) is 11.6 Å². The summed E-state index contributed by atoms with van der Waals surface area (Å²) in [6.07, 6.45) is 5.01. The number of nitrogen functional groups attached to an aromatic ring is 1. The molecule has 1 aromatic rings. The molecule has 0 saturated heterocycles. The van der Waals surface area contributed by atoms with Crippen LogP contribution in [0.15, 0.2) is 6.07 Å². The highest BCUT2D eigenvalue weighted by Gasteiger charge is 1.97. The van der Waals surface area contributed by atoms with Gasteiger partial charge in [0.15, 0.2) is 0 Å². The highest BCUT2D eigenvalue weighted by atomic mass is 15.0. The van der Waals surface area contributed by atoms with E-state index >= 15 is 0 Å². The maximum atomic E-state index is 5.62. The molecule has 0 saturated carbocycles. The van der Waals surface area contributed by atoms with Crippen LogP contribution in [-0.2, 0) is 0 Å². The summed E-state index contributed by atoms with van der Waals surface area (Å²) in [7, 11) is 0. The first-order chi connectivity index (χ1) is 7.22. The first-order valence-corrected chi connectivity index (χ1v) is 5.57. The minimum atomic E-state index is 0.526. The predicted octanol–water partition coefficient (Wildman–Crippen LogP) is 2.36. The fraction of sp³-hybridized carbons (Fsp3) is 0.636. The maximum Gasteiger partial charge on any atom is 0.131 e. The van der Waals surface area contributed by atoms with Gasteiger partial charge in [-0.2, -0.15) is 0 Å². The van der Waals surface area contributed by atoms with Crippen molar-refractivity contribution in [3.8, 4) is 0 Å². The van der Waals surface area contributed by atoms with Gasteiger partial charge in [0.2, 0.25) is 0 Å². The predicted molar refractivity (Wildman–Crippen MR) is 63.8 cm³/mol. The molecule has 0 aliphatic rings. The van der Waals surface area contributed by atoms with Crippen LogP contribution in [0.3, 0.4) is 0 Å². The van der Waals surface area contributed by atoms with E-state index in [1.807, 2.05) is 6.92 Å². The van der Waals surface area contributed by atoms with Crippen molar-refractivity contribution in [1.29, 1.82) is 0 Å². The summed E-state index contributed by atoms with van der Waals surface area (Å²) in [5.41, 5.74) is 5.62. The fourth-order valence-electron chi connectivity index (χ4n) is 1.45. The van der Waals surface area contributed by atoms with E-state index in [2.05, 4.69) is 22.2 Å². The average molecular weight is 208 g/mol. The number of rotatable bonds is 6. The number of unbranched alkanes of at least 4 members (excludes halogenated alkanes) is 3. The molecule has 0 amide bonds. The van der Waals surface area contributed by atoms with Gasteiger partial charge in [-0.15, -0.1) is 0 Å². The molecule has 0 aliphatic heterocycles. The van der Waals surface area contributed by atoms with Crippen molar-refractivity contribution in [3.63, 3.8) is 0 Å². The molecular weight excluding hydrogens is 188 g/mol. The molecule has 3 N–H and O–H groups in total. The lowest BCUT2D eigenvalue weighted by Gasteiger charge is -2.06. The molecule has 4 heteroatoms. The van der Waals surface area contributed by atoms with Gasteiger partial charge in [0, 0.05) is 12.6 Å². The number of nitrogens with zero attached hydrogens (tertiary/aromatic N) is 2. The number of anilines is 2. The normalized spacial score (nSPS) is 10.3. The van der Waals surface area contributed by atoms with Gasteiger partial charge in [-0.3, -0.25) is 0 Å². The summed E-state index contributed by atoms with van der Waals surface area (Å²) in [5.74, 6) is 2.07. The maximum absolute atomic E-state index is 5.62. The van der Waals surface area contributed by atoms with Gasteiger partial charge in [-0.25, -0.2) is 9.97 Å². The second kappa shape index (κ2) is 6.22.